The molecule has 0 aliphatic heterocycles. The van der Waals surface area contributed by atoms with Gasteiger partial charge in [-0.15, -0.1) is 0 Å². The van der Waals surface area contributed by atoms with Gasteiger partial charge in [0.1, 0.15) is 5.69 Å². The molecule has 0 saturated carbocycles. The normalized spacial score (nSPS) is 10.8. The van der Waals surface area contributed by atoms with Crippen LogP contribution in [-0.2, 0) is 27.7 Å². The maximum Gasteiger partial charge on any atom is 0.271 e. The summed E-state index contributed by atoms with van der Waals surface area (Å²) >= 11 is 0. The average molecular weight is 356 g/mol. The fourth-order valence-electron chi connectivity index (χ4n) is 2.64. The summed E-state index contributed by atoms with van der Waals surface area (Å²) in [6.07, 6.45) is 6.57. The third-order valence-corrected chi connectivity index (χ3v) is 3.87. The molecule has 136 valence electrons. The molecule has 3 rings (SSSR count). The van der Waals surface area contributed by atoms with Crippen LogP contribution in [-0.4, -0.2) is 41.2 Å². The molecule has 3 aromatic heterocycles. The topological polar surface area (TPSA) is 112 Å². The second kappa shape index (κ2) is 6.82. The number of amides is 2. The Morgan fingerprint density at radius 1 is 1.04 bits per heavy atom. The van der Waals surface area contributed by atoms with Crippen LogP contribution in [0, 0.1) is 6.92 Å². The van der Waals surface area contributed by atoms with E-state index in [-0.39, 0.29) is 17.5 Å². The van der Waals surface area contributed by atoms with Gasteiger partial charge in [-0.1, -0.05) is 0 Å². The van der Waals surface area contributed by atoms with E-state index in [1.165, 1.54) is 10.9 Å². The van der Waals surface area contributed by atoms with Crippen LogP contribution in [0.5, 0.6) is 0 Å². The molecule has 3 heterocycles. The van der Waals surface area contributed by atoms with Gasteiger partial charge in [0, 0.05) is 45.6 Å². The largest absolute Gasteiger partial charge is 0.346 e. The number of carbonyl (C=O) groups is 2. The molecule has 0 aromatic carbocycles. The summed E-state index contributed by atoms with van der Waals surface area (Å²) in [5, 5.41) is 17.8. The van der Waals surface area contributed by atoms with Gasteiger partial charge in [0.05, 0.1) is 29.3 Å². The van der Waals surface area contributed by atoms with Crippen molar-refractivity contribution in [2.24, 2.45) is 21.1 Å². The first kappa shape index (κ1) is 17.4. The van der Waals surface area contributed by atoms with E-state index in [1.807, 2.05) is 6.20 Å². The number of aryl methyl sites for hydroxylation is 4. The van der Waals surface area contributed by atoms with E-state index in [2.05, 4.69) is 25.9 Å². The number of anilines is 1. The van der Waals surface area contributed by atoms with Crippen LogP contribution in [0.15, 0.2) is 24.8 Å². The third-order valence-electron chi connectivity index (χ3n) is 3.87. The molecule has 0 fully saturated rings. The van der Waals surface area contributed by atoms with Crippen LogP contribution < -0.4 is 10.6 Å². The number of aromatic nitrogens is 6. The summed E-state index contributed by atoms with van der Waals surface area (Å²) in [5.74, 6) is -0.683. The van der Waals surface area contributed by atoms with E-state index in [1.54, 1.807) is 49.8 Å². The fraction of sp³-hybridized carbons (Fsp3) is 0.312. The average Bonchev–Trinajstić information content (AvgIpc) is 3.25. The summed E-state index contributed by atoms with van der Waals surface area (Å²) in [7, 11) is 5.19. The quantitative estimate of drug-likeness (QED) is 0.686. The van der Waals surface area contributed by atoms with Gasteiger partial charge >= 0.3 is 0 Å². The van der Waals surface area contributed by atoms with Crippen molar-refractivity contribution in [2.75, 3.05) is 5.32 Å². The van der Waals surface area contributed by atoms with Crippen molar-refractivity contribution in [1.82, 2.24) is 34.7 Å². The predicted octanol–water partition coefficient (Wildman–Crippen LogP) is 0.378. The van der Waals surface area contributed by atoms with Crippen molar-refractivity contribution in [3.63, 3.8) is 0 Å². The second-order valence-corrected chi connectivity index (χ2v) is 5.99. The van der Waals surface area contributed by atoms with Crippen LogP contribution in [0.3, 0.4) is 0 Å². The highest BCUT2D eigenvalue weighted by molar-refractivity contribution is 6.08. The maximum atomic E-state index is 12.5. The first-order valence-corrected chi connectivity index (χ1v) is 7.94. The molecule has 10 nitrogen and oxygen atoms in total. The van der Waals surface area contributed by atoms with E-state index >= 15 is 0 Å². The Kier molecular flexibility index (Phi) is 4.57. The molecule has 0 spiro atoms. The van der Waals surface area contributed by atoms with Crippen LogP contribution in [0.1, 0.15) is 32.1 Å². The van der Waals surface area contributed by atoms with Crippen LogP contribution in [0.2, 0.25) is 0 Å². The van der Waals surface area contributed by atoms with Crippen molar-refractivity contribution >= 4 is 17.5 Å². The summed E-state index contributed by atoms with van der Waals surface area (Å²) in [6, 6.07) is 0. The first-order chi connectivity index (χ1) is 12.3. The molecule has 3 aromatic rings. The molecule has 0 radical (unpaired) electrons. The van der Waals surface area contributed by atoms with Crippen LogP contribution in [0.25, 0.3) is 0 Å². The van der Waals surface area contributed by atoms with Crippen molar-refractivity contribution in [2.45, 2.75) is 13.5 Å². The number of hydrogen-bond donors (Lipinski definition) is 2. The highest BCUT2D eigenvalue weighted by atomic mass is 16.2. The van der Waals surface area contributed by atoms with E-state index in [0.29, 0.717) is 23.5 Å². The number of rotatable bonds is 5. The molecule has 10 heteroatoms. The predicted molar refractivity (Wildman–Crippen MR) is 93.5 cm³/mol. The lowest BCUT2D eigenvalue weighted by molar-refractivity contribution is 0.0942. The van der Waals surface area contributed by atoms with Gasteiger partial charge in [-0.3, -0.25) is 23.6 Å². The molecule has 2 amide bonds. The number of carbonyl (C=O) groups excluding carboxylic acids is 2. The Bertz CT molecular complexity index is 965. The Hall–Kier alpha value is -3.43. The lowest BCUT2D eigenvalue weighted by atomic mass is 10.2. The Labute approximate surface area is 149 Å². The van der Waals surface area contributed by atoms with Gasteiger partial charge in [-0.25, -0.2) is 0 Å². The van der Waals surface area contributed by atoms with Gasteiger partial charge in [0.25, 0.3) is 11.8 Å². The number of nitrogens with zero attached hydrogens (tertiary/aromatic N) is 6. The Morgan fingerprint density at radius 3 is 2.42 bits per heavy atom. The van der Waals surface area contributed by atoms with E-state index in [9.17, 15) is 9.59 Å². The summed E-state index contributed by atoms with van der Waals surface area (Å²) in [6.45, 7) is 2.08. The monoisotopic (exact) mass is 356 g/mol. The van der Waals surface area contributed by atoms with Crippen LogP contribution >= 0.6 is 0 Å². The molecule has 0 bridgehead atoms. The number of nitrogens with one attached hydrogen (secondary N) is 2. The zero-order valence-electron chi connectivity index (χ0n) is 15.0. The minimum Gasteiger partial charge on any atom is -0.346 e. The summed E-state index contributed by atoms with van der Waals surface area (Å²) < 4.78 is 4.65. The second-order valence-electron chi connectivity index (χ2n) is 5.99. The maximum absolute atomic E-state index is 12.5. The summed E-state index contributed by atoms with van der Waals surface area (Å²) in [4.78, 5) is 25.0. The lowest BCUT2D eigenvalue weighted by Gasteiger charge is -2.08. The molecule has 0 aliphatic carbocycles. The zero-order valence-corrected chi connectivity index (χ0v) is 15.0. The molecule has 26 heavy (non-hydrogen) atoms. The SMILES string of the molecule is Cc1nn(C)cc1C(=O)Nc1cnn(C)c1C(=O)NCc1cnn(C)c1. The van der Waals surface area contributed by atoms with Gasteiger partial charge in [0.15, 0.2) is 0 Å². The molecule has 0 atom stereocenters. The fourth-order valence-corrected chi connectivity index (χ4v) is 2.64. The molecule has 2 N–H and O–H groups in total. The molecule has 0 saturated heterocycles. The highest BCUT2D eigenvalue weighted by Gasteiger charge is 2.20. The Balaban J connectivity index is 1.74. The molecule has 0 unspecified atom stereocenters. The zero-order chi connectivity index (χ0) is 18.8. The van der Waals surface area contributed by atoms with Crippen molar-refractivity contribution < 1.29 is 9.59 Å². The van der Waals surface area contributed by atoms with Crippen molar-refractivity contribution in [3.8, 4) is 0 Å². The molecular formula is C16H20N8O2. The van der Waals surface area contributed by atoms with Gasteiger partial charge in [-0.05, 0) is 6.92 Å². The minimum absolute atomic E-state index is 0.267. The first-order valence-electron chi connectivity index (χ1n) is 7.94. The lowest BCUT2D eigenvalue weighted by Crippen LogP contribution is -2.26. The van der Waals surface area contributed by atoms with Gasteiger partial charge in [0.2, 0.25) is 0 Å². The van der Waals surface area contributed by atoms with E-state index in [0.717, 1.165) is 5.56 Å². The third kappa shape index (κ3) is 3.48. The highest BCUT2D eigenvalue weighted by Crippen LogP contribution is 2.16. The smallest absolute Gasteiger partial charge is 0.271 e. The van der Waals surface area contributed by atoms with Crippen molar-refractivity contribution in [1.29, 1.82) is 0 Å². The van der Waals surface area contributed by atoms with E-state index in [4.69, 9.17) is 0 Å². The van der Waals surface area contributed by atoms with Crippen molar-refractivity contribution in [3.05, 3.63) is 47.3 Å². The molecule has 0 aliphatic rings. The van der Waals surface area contributed by atoms with Gasteiger partial charge in [-0.2, -0.15) is 15.3 Å². The summed E-state index contributed by atoms with van der Waals surface area (Å²) in [5.41, 5.74) is 2.53. The minimum atomic E-state index is -0.343. The number of hydrogen-bond acceptors (Lipinski definition) is 5. The standard InChI is InChI=1S/C16H20N8O2/c1-10-12(9-23(3)21-10)15(25)20-13-7-19-24(4)14(13)16(26)17-5-11-6-18-22(2)8-11/h6-9H,5H2,1-4H3,(H,17,26)(H,20,25). The van der Waals surface area contributed by atoms with E-state index < -0.39 is 0 Å². The Morgan fingerprint density at radius 2 is 1.81 bits per heavy atom. The van der Waals surface area contributed by atoms with Gasteiger partial charge < -0.3 is 10.6 Å². The van der Waals surface area contributed by atoms with Crippen LogP contribution in [0.4, 0.5) is 5.69 Å². The molecular weight excluding hydrogens is 336 g/mol.